The zero-order valence-corrected chi connectivity index (χ0v) is 5.98. The van der Waals surface area contributed by atoms with Crippen molar-refractivity contribution in [1.29, 1.82) is 0 Å². The van der Waals surface area contributed by atoms with E-state index in [9.17, 15) is 13.2 Å². The van der Waals surface area contributed by atoms with Gasteiger partial charge < -0.3 is 10.5 Å². The summed E-state index contributed by atoms with van der Waals surface area (Å²) < 4.78 is 38.4. The molecule has 1 aliphatic rings. The highest BCUT2D eigenvalue weighted by atomic mass is 19.4. The maximum Gasteiger partial charge on any atom is 0.573 e. The van der Waals surface area contributed by atoms with Crippen molar-refractivity contribution >= 4 is 0 Å². The fraction of sp³-hybridized carbons (Fsp3) is 0.286. The Morgan fingerprint density at radius 3 is 2.58 bits per heavy atom. The molecular weight excluding hydrogens is 171 g/mol. The van der Waals surface area contributed by atoms with Crippen molar-refractivity contribution in [3.63, 3.8) is 0 Å². The molecule has 1 aliphatic carbocycles. The fourth-order valence-electron chi connectivity index (χ4n) is 0.697. The molecular formula is C7H6F3NO. The second-order valence-electron chi connectivity index (χ2n) is 2.17. The minimum atomic E-state index is -4.64. The Hall–Kier alpha value is -1.35. The topological polar surface area (TPSA) is 35.2 Å². The van der Waals surface area contributed by atoms with Crippen LogP contribution in [0, 0.1) is 0 Å². The average molecular weight is 177 g/mol. The molecule has 0 aromatic carbocycles. The van der Waals surface area contributed by atoms with Crippen LogP contribution in [0.15, 0.2) is 29.3 Å². The first-order valence-electron chi connectivity index (χ1n) is 3.14. The normalized spacial score (nSPS) is 16.9. The highest BCUT2D eigenvalue weighted by molar-refractivity contribution is 5.21. The Balaban J connectivity index is 2.64. The second-order valence-corrected chi connectivity index (χ2v) is 2.17. The Bertz CT molecular complexity index is 271. The molecule has 0 heterocycles. The van der Waals surface area contributed by atoms with Crippen LogP contribution >= 0.6 is 0 Å². The van der Waals surface area contributed by atoms with Crippen molar-refractivity contribution in [1.82, 2.24) is 0 Å². The lowest BCUT2D eigenvalue weighted by Gasteiger charge is -2.10. The SMILES string of the molecule is NC1=C=CC(OC(F)(F)F)=CC1. The van der Waals surface area contributed by atoms with Gasteiger partial charge in [0.05, 0.1) is 5.70 Å². The van der Waals surface area contributed by atoms with Crippen molar-refractivity contribution in [2.75, 3.05) is 0 Å². The number of rotatable bonds is 1. The number of hydrogen-bond acceptors (Lipinski definition) is 2. The Morgan fingerprint density at radius 1 is 1.50 bits per heavy atom. The van der Waals surface area contributed by atoms with E-state index in [0.717, 1.165) is 6.08 Å². The number of halogens is 3. The van der Waals surface area contributed by atoms with E-state index in [4.69, 9.17) is 5.73 Å². The van der Waals surface area contributed by atoms with Crippen molar-refractivity contribution in [3.05, 3.63) is 29.3 Å². The fourth-order valence-corrected chi connectivity index (χ4v) is 0.697. The number of nitrogens with two attached hydrogens (primary N) is 1. The monoisotopic (exact) mass is 177 g/mol. The van der Waals surface area contributed by atoms with Crippen molar-refractivity contribution in [2.45, 2.75) is 12.8 Å². The lowest BCUT2D eigenvalue weighted by molar-refractivity contribution is -0.303. The molecule has 0 spiro atoms. The van der Waals surface area contributed by atoms with E-state index in [1.54, 1.807) is 0 Å². The number of ether oxygens (including phenoxy) is 1. The van der Waals surface area contributed by atoms with Gasteiger partial charge in [0.2, 0.25) is 0 Å². The molecule has 0 saturated heterocycles. The van der Waals surface area contributed by atoms with Crippen LogP contribution < -0.4 is 5.73 Å². The van der Waals surface area contributed by atoms with Crippen molar-refractivity contribution < 1.29 is 17.9 Å². The summed E-state index contributed by atoms with van der Waals surface area (Å²) in [5.41, 5.74) is 8.08. The zero-order valence-electron chi connectivity index (χ0n) is 5.98. The standard InChI is InChI=1S/C7H6F3NO/c8-7(9,10)12-6-3-1-5(11)2-4-6/h3-4H,1,11H2. The maximum atomic E-state index is 11.6. The predicted molar refractivity (Wildman–Crippen MR) is 35.6 cm³/mol. The van der Waals surface area contributed by atoms with Crippen LogP contribution in [0.2, 0.25) is 0 Å². The minimum absolute atomic E-state index is 0.238. The summed E-state index contributed by atoms with van der Waals surface area (Å²) in [7, 11) is 0. The van der Waals surface area contributed by atoms with Crippen molar-refractivity contribution in [3.8, 4) is 0 Å². The molecule has 0 aliphatic heterocycles. The molecule has 0 unspecified atom stereocenters. The van der Waals surface area contributed by atoms with Gasteiger partial charge in [-0.15, -0.1) is 13.2 Å². The van der Waals surface area contributed by atoms with Crippen molar-refractivity contribution in [2.24, 2.45) is 5.73 Å². The van der Waals surface area contributed by atoms with Crippen LogP contribution in [0.5, 0.6) is 0 Å². The number of allylic oxidation sites excluding steroid dienone is 1. The molecule has 0 saturated carbocycles. The molecule has 0 amide bonds. The van der Waals surface area contributed by atoms with E-state index in [2.05, 4.69) is 10.5 Å². The number of alkyl halides is 3. The van der Waals surface area contributed by atoms with Gasteiger partial charge in [0.15, 0.2) is 0 Å². The summed E-state index contributed by atoms with van der Waals surface area (Å²) >= 11 is 0. The smallest absolute Gasteiger partial charge is 0.405 e. The van der Waals surface area contributed by atoms with Gasteiger partial charge in [0.1, 0.15) is 5.76 Å². The molecule has 0 fully saturated rings. The molecule has 0 bridgehead atoms. The van der Waals surface area contributed by atoms with Gasteiger partial charge in [-0.2, -0.15) is 0 Å². The minimum Gasteiger partial charge on any atom is -0.405 e. The van der Waals surface area contributed by atoms with Gasteiger partial charge in [0.25, 0.3) is 0 Å². The summed E-state index contributed by atoms with van der Waals surface area (Å²) in [6.45, 7) is 0. The van der Waals surface area contributed by atoms with Gasteiger partial charge in [0, 0.05) is 12.5 Å². The van der Waals surface area contributed by atoms with E-state index in [1.165, 1.54) is 6.08 Å². The molecule has 1 rings (SSSR count). The number of hydrogen-bond donors (Lipinski definition) is 1. The van der Waals surface area contributed by atoms with Gasteiger partial charge >= 0.3 is 6.36 Å². The predicted octanol–water partition coefficient (Wildman–Crippen LogP) is 1.81. The van der Waals surface area contributed by atoms with E-state index >= 15 is 0 Å². The van der Waals surface area contributed by atoms with Gasteiger partial charge in [-0.05, 0) is 6.08 Å². The lowest BCUT2D eigenvalue weighted by atomic mass is 10.2. The van der Waals surface area contributed by atoms with E-state index in [1.807, 2.05) is 0 Å². The summed E-state index contributed by atoms with van der Waals surface area (Å²) in [5, 5.41) is 0. The van der Waals surface area contributed by atoms with Crippen LogP contribution in [0.1, 0.15) is 6.42 Å². The summed E-state index contributed by atoms with van der Waals surface area (Å²) in [5.74, 6) is -0.267. The molecule has 12 heavy (non-hydrogen) atoms. The van der Waals surface area contributed by atoms with E-state index < -0.39 is 6.36 Å². The maximum absolute atomic E-state index is 11.6. The zero-order chi connectivity index (χ0) is 9.19. The van der Waals surface area contributed by atoms with Crippen LogP contribution in [0.25, 0.3) is 0 Å². The summed E-state index contributed by atoms with van der Waals surface area (Å²) in [6.07, 6.45) is -2.09. The third-order valence-corrected chi connectivity index (χ3v) is 1.16. The Kier molecular flexibility index (Phi) is 2.15. The highest BCUT2D eigenvalue weighted by Crippen LogP contribution is 2.22. The lowest BCUT2D eigenvalue weighted by Crippen LogP contribution is -2.13. The van der Waals surface area contributed by atoms with Gasteiger partial charge in [-0.1, -0.05) is 5.73 Å². The Labute approximate surface area is 66.8 Å². The molecule has 0 aromatic heterocycles. The summed E-state index contributed by atoms with van der Waals surface area (Å²) in [4.78, 5) is 0. The third kappa shape index (κ3) is 2.72. The first kappa shape index (κ1) is 8.74. The average Bonchev–Trinajstić information content (AvgIpc) is 1.91. The van der Waals surface area contributed by atoms with Crippen LogP contribution in [-0.2, 0) is 4.74 Å². The molecule has 0 aromatic rings. The third-order valence-electron chi connectivity index (χ3n) is 1.16. The van der Waals surface area contributed by atoms with Crippen LogP contribution in [0.3, 0.4) is 0 Å². The highest BCUT2D eigenvalue weighted by Gasteiger charge is 2.31. The molecule has 2 N–H and O–H groups in total. The van der Waals surface area contributed by atoms with Crippen LogP contribution in [-0.4, -0.2) is 6.36 Å². The molecule has 0 atom stereocenters. The summed E-state index contributed by atoms with van der Waals surface area (Å²) in [6, 6.07) is 0. The largest absolute Gasteiger partial charge is 0.573 e. The van der Waals surface area contributed by atoms with Gasteiger partial charge in [-0.3, -0.25) is 0 Å². The molecule has 0 radical (unpaired) electrons. The quantitative estimate of drug-likeness (QED) is 0.620. The molecule has 5 heteroatoms. The van der Waals surface area contributed by atoms with E-state index in [-0.39, 0.29) is 12.2 Å². The van der Waals surface area contributed by atoms with Crippen LogP contribution in [0.4, 0.5) is 13.2 Å². The molecule has 66 valence electrons. The molecule has 2 nitrogen and oxygen atoms in total. The van der Waals surface area contributed by atoms with Gasteiger partial charge in [-0.25, -0.2) is 0 Å². The second kappa shape index (κ2) is 2.95. The first-order valence-corrected chi connectivity index (χ1v) is 3.14. The first-order chi connectivity index (χ1) is 5.47. The Morgan fingerprint density at radius 2 is 2.17 bits per heavy atom. The van der Waals surface area contributed by atoms with E-state index in [0.29, 0.717) is 5.70 Å².